The van der Waals surface area contributed by atoms with Crippen LogP contribution in [-0.2, 0) is 0 Å². The fourth-order valence-corrected chi connectivity index (χ4v) is 3.66. The zero-order chi connectivity index (χ0) is 16.9. The van der Waals surface area contributed by atoms with Gasteiger partial charge in [0.05, 0.1) is 18.7 Å². The second-order valence-corrected chi connectivity index (χ2v) is 6.90. The molecule has 2 heterocycles. The predicted octanol–water partition coefficient (Wildman–Crippen LogP) is 3.17. The maximum Gasteiger partial charge on any atom is 0.315 e. The largest absolute Gasteiger partial charge is 0.493 e. The topological polar surface area (TPSA) is 53.6 Å². The SMILES string of the molecule is CN(C)[C@H](CNC(=O)N[C@@H]1CCOc2ccccc21)c1ccsc1. The quantitative estimate of drug-likeness (QED) is 0.875. The summed E-state index contributed by atoms with van der Waals surface area (Å²) < 4.78 is 5.64. The molecule has 3 rings (SSSR count). The summed E-state index contributed by atoms with van der Waals surface area (Å²) in [5, 5.41) is 10.3. The number of amides is 2. The van der Waals surface area contributed by atoms with E-state index in [0.29, 0.717) is 13.2 Å². The van der Waals surface area contributed by atoms with Crippen molar-refractivity contribution in [2.75, 3.05) is 27.2 Å². The van der Waals surface area contributed by atoms with Crippen molar-refractivity contribution < 1.29 is 9.53 Å². The van der Waals surface area contributed by atoms with Crippen LogP contribution in [-0.4, -0.2) is 38.2 Å². The van der Waals surface area contributed by atoms with Crippen LogP contribution in [0, 0.1) is 0 Å². The molecule has 0 saturated heterocycles. The standard InChI is InChI=1S/C18H23N3O2S/c1-21(2)16(13-8-10-24-12-13)11-19-18(22)20-15-7-9-23-17-6-4-3-5-14(15)17/h3-6,8,10,12,15-16H,7,9,11H2,1-2H3,(H2,19,20,22)/t15-,16-/m1/s1. The predicted molar refractivity (Wildman–Crippen MR) is 96.6 cm³/mol. The Kier molecular flexibility index (Phi) is 5.37. The smallest absolute Gasteiger partial charge is 0.315 e. The third kappa shape index (κ3) is 3.88. The fourth-order valence-electron chi connectivity index (χ4n) is 2.95. The number of likely N-dealkylation sites (N-methyl/N-ethyl adjacent to an activating group) is 1. The van der Waals surface area contributed by atoms with Crippen molar-refractivity contribution in [2.45, 2.75) is 18.5 Å². The van der Waals surface area contributed by atoms with Crippen LogP contribution in [0.3, 0.4) is 0 Å². The van der Waals surface area contributed by atoms with E-state index in [1.54, 1.807) is 11.3 Å². The molecule has 6 heteroatoms. The number of fused-ring (bicyclic) bond motifs is 1. The lowest BCUT2D eigenvalue weighted by Gasteiger charge is -2.28. The summed E-state index contributed by atoms with van der Waals surface area (Å²) in [5.74, 6) is 0.860. The van der Waals surface area contributed by atoms with Gasteiger partial charge in [-0.3, -0.25) is 0 Å². The first-order chi connectivity index (χ1) is 11.6. The summed E-state index contributed by atoms with van der Waals surface area (Å²) >= 11 is 1.67. The van der Waals surface area contributed by atoms with Gasteiger partial charge < -0.3 is 20.3 Å². The molecule has 0 aliphatic carbocycles. The first-order valence-corrected chi connectivity index (χ1v) is 9.04. The Bertz CT molecular complexity index is 673. The third-order valence-electron chi connectivity index (χ3n) is 4.27. The number of hydrogen-bond acceptors (Lipinski definition) is 4. The molecule has 0 fully saturated rings. The highest BCUT2D eigenvalue weighted by molar-refractivity contribution is 7.07. The van der Waals surface area contributed by atoms with Crippen LogP contribution in [0.25, 0.3) is 0 Å². The number of hydrogen-bond donors (Lipinski definition) is 2. The second-order valence-electron chi connectivity index (χ2n) is 6.12. The third-order valence-corrected chi connectivity index (χ3v) is 4.97. The van der Waals surface area contributed by atoms with E-state index in [2.05, 4.69) is 32.4 Å². The summed E-state index contributed by atoms with van der Waals surface area (Å²) in [6, 6.07) is 10.00. The van der Waals surface area contributed by atoms with E-state index in [1.807, 2.05) is 38.4 Å². The molecule has 0 bridgehead atoms. The molecule has 0 radical (unpaired) electrons. The molecule has 0 unspecified atom stereocenters. The molecule has 1 aliphatic rings. The van der Waals surface area contributed by atoms with Gasteiger partial charge in [-0.25, -0.2) is 4.79 Å². The lowest BCUT2D eigenvalue weighted by Crippen LogP contribution is -2.42. The maximum absolute atomic E-state index is 12.3. The Balaban J connectivity index is 1.58. The van der Waals surface area contributed by atoms with Crippen LogP contribution in [0.2, 0.25) is 0 Å². The zero-order valence-electron chi connectivity index (χ0n) is 14.0. The van der Waals surface area contributed by atoms with Crippen LogP contribution in [0.1, 0.15) is 29.6 Å². The van der Waals surface area contributed by atoms with Crippen LogP contribution in [0.5, 0.6) is 5.75 Å². The van der Waals surface area contributed by atoms with Crippen LogP contribution < -0.4 is 15.4 Å². The second kappa shape index (κ2) is 7.68. The number of nitrogens with one attached hydrogen (secondary N) is 2. The van der Waals surface area contributed by atoms with Crippen molar-refractivity contribution in [3.05, 3.63) is 52.2 Å². The number of ether oxygens (including phenoxy) is 1. The molecule has 2 N–H and O–H groups in total. The van der Waals surface area contributed by atoms with Gasteiger partial charge in [0.25, 0.3) is 0 Å². The molecule has 24 heavy (non-hydrogen) atoms. The minimum absolute atomic E-state index is 0.00564. The van der Waals surface area contributed by atoms with Crippen LogP contribution in [0.15, 0.2) is 41.1 Å². The highest BCUT2D eigenvalue weighted by Crippen LogP contribution is 2.31. The van der Waals surface area contributed by atoms with Gasteiger partial charge in [0.1, 0.15) is 5.75 Å². The lowest BCUT2D eigenvalue weighted by molar-refractivity contribution is 0.218. The monoisotopic (exact) mass is 345 g/mol. The van der Waals surface area contributed by atoms with E-state index < -0.39 is 0 Å². The summed E-state index contributed by atoms with van der Waals surface area (Å²) in [6.45, 7) is 1.19. The number of carbonyl (C=O) groups is 1. The maximum atomic E-state index is 12.3. The molecule has 1 aliphatic heterocycles. The van der Waals surface area contributed by atoms with Crippen molar-refractivity contribution >= 4 is 17.4 Å². The number of benzene rings is 1. The van der Waals surface area contributed by atoms with E-state index >= 15 is 0 Å². The average molecular weight is 345 g/mol. The summed E-state index contributed by atoms with van der Waals surface area (Å²) in [5.41, 5.74) is 2.27. The Morgan fingerprint density at radius 3 is 2.96 bits per heavy atom. The normalized spacial score (nSPS) is 17.7. The average Bonchev–Trinajstić information content (AvgIpc) is 3.09. The Morgan fingerprint density at radius 1 is 1.38 bits per heavy atom. The first-order valence-electron chi connectivity index (χ1n) is 8.10. The minimum Gasteiger partial charge on any atom is -0.493 e. The number of urea groups is 1. The Labute approximate surface area is 146 Å². The van der Waals surface area contributed by atoms with Crippen molar-refractivity contribution in [3.63, 3.8) is 0 Å². The molecule has 2 aromatic rings. The van der Waals surface area contributed by atoms with Gasteiger partial charge in [0, 0.05) is 18.5 Å². The number of thiophene rings is 1. The molecule has 2 amide bonds. The van der Waals surface area contributed by atoms with Gasteiger partial charge >= 0.3 is 6.03 Å². The molecule has 2 atom stereocenters. The van der Waals surface area contributed by atoms with Gasteiger partial charge in [-0.1, -0.05) is 18.2 Å². The van der Waals surface area contributed by atoms with Crippen LogP contribution in [0.4, 0.5) is 4.79 Å². The van der Waals surface area contributed by atoms with Gasteiger partial charge in [0.15, 0.2) is 0 Å². The molecule has 1 aromatic carbocycles. The summed E-state index contributed by atoms with van der Waals surface area (Å²) in [7, 11) is 4.05. The fraction of sp³-hybridized carbons (Fsp3) is 0.389. The molecule has 0 saturated carbocycles. The number of carbonyl (C=O) groups excluding carboxylic acids is 1. The molecular formula is C18H23N3O2S. The van der Waals surface area contributed by atoms with E-state index in [-0.39, 0.29) is 18.1 Å². The summed E-state index contributed by atoms with van der Waals surface area (Å²) in [4.78, 5) is 14.5. The van der Waals surface area contributed by atoms with Gasteiger partial charge in [-0.05, 0) is 42.6 Å². The van der Waals surface area contributed by atoms with Gasteiger partial charge in [-0.2, -0.15) is 11.3 Å². The highest BCUT2D eigenvalue weighted by Gasteiger charge is 2.23. The molecule has 5 nitrogen and oxygen atoms in total. The molecule has 1 aromatic heterocycles. The summed E-state index contributed by atoms with van der Waals surface area (Å²) in [6.07, 6.45) is 0.784. The Morgan fingerprint density at radius 2 is 2.21 bits per heavy atom. The van der Waals surface area contributed by atoms with Crippen molar-refractivity contribution in [3.8, 4) is 5.75 Å². The highest BCUT2D eigenvalue weighted by atomic mass is 32.1. The van der Waals surface area contributed by atoms with Gasteiger partial charge in [0.2, 0.25) is 0 Å². The van der Waals surface area contributed by atoms with Crippen LogP contribution >= 0.6 is 11.3 Å². The number of nitrogens with zero attached hydrogens (tertiary/aromatic N) is 1. The molecule has 128 valence electrons. The number of rotatable bonds is 5. The van der Waals surface area contributed by atoms with Crippen molar-refractivity contribution in [1.82, 2.24) is 15.5 Å². The van der Waals surface area contributed by atoms with E-state index in [0.717, 1.165) is 17.7 Å². The minimum atomic E-state index is -0.140. The van der Waals surface area contributed by atoms with E-state index in [9.17, 15) is 4.79 Å². The molecular weight excluding hydrogens is 322 g/mol. The van der Waals surface area contributed by atoms with E-state index in [4.69, 9.17) is 4.74 Å². The van der Waals surface area contributed by atoms with E-state index in [1.165, 1.54) is 5.56 Å². The van der Waals surface area contributed by atoms with Crippen molar-refractivity contribution in [1.29, 1.82) is 0 Å². The zero-order valence-corrected chi connectivity index (χ0v) is 14.8. The first kappa shape index (κ1) is 16.8. The number of para-hydroxylation sites is 1. The lowest BCUT2D eigenvalue weighted by atomic mass is 10.0. The molecule has 0 spiro atoms. The Hall–Kier alpha value is -2.05. The van der Waals surface area contributed by atoms with Crippen molar-refractivity contribution in [2.24, 2.45) is 0 Å². The van der Waals surface area contributed by atoms with Gasteiger partial charge in [-0.15, -0.1) is 0 Å².